The van der Waals surface area contributed by atoms with Crippen LogP contribution in [-0.2, 0) is 0 Å². The zero-order valence-electron chi connectivity index (χ0n) is 14.9. The zero-order valence-corrected chi connectivity index (χ0v) is 16.5. The number of hydrogen-bond acceptors (Lipinski definition) is 6. The molecular formula is C18H22BrN7. The van der Waals surface area contributed by atoms with Crippen molar-refractivity contribution in [3.8, 4) is 0 Å². The van der Waals surface area contributed by atoms with E-state index in [1.54, 1.807) is 10.7 Å². The van der Waals surface area contributed by atoms with E-state index >= 15 is 0 Å². The van der Waals surface area contributed by atoms with Gasteiger partial charge in [0.25, 0.3) is 0 Å². The molecule has 8 heteroatoms. The molecule has 1 fully saturated rings. The van der Waals surface area contributed by atoms with Crippen LogP contribution in [0.4, 0.5) is 17.2 Å². The third-order valence-corrected chi connectivity index (χ3v) is 5.34. The highest BCUT2D eigenvalue weighted by Gasteiger charge is 2.19. The first-order chi connectivity index (χ1) is 12.6. The van der Waals surface area contributed by atoms with E-state index in [2.05, 4.69) is 84.2 Å². The maximum Gasteiger partial charge on any atom is 0.199 e. The molecule has 1 N–H and O–H groups in total. The highest BCUT2D eigenvalue weighted by Crippen LogP contribution is 2.24. The zero-order chi connectivity index (χ0) is 18.1. The van der Waals surface area contributed by atoms with Crippen LogP contribution in [0.3, 0.4) is 0 Å². The van der Waals surface area contributed by atoms with Crippen LogP contribution in [-0.4, -0.2) is 56.7 Å². The minimum absolute atomic E-state index is 0.621. The van der Waals surface area contributed by atoms with Gasteiger partial charge in [-0.1, -0.05) is 0 Å². The number of fused-ring (bicyclic) bond motifs is 1. The fourth-order valence-corrected chi connectivity index (χ4v) is 3.63. The molecule has 136 valence electrons. The van der Waals surface area contributed by atoms with Gasteiger partial charge in [0, 0.05) is 43.6 Å². The Kier molecular flexibility index (Phi) is 4.78. The molecule has 0 unspecified atom stereocenters. The summed E-state index contributed by atoms with van der Waals surface area (Å²) in [6.45, 7) is 8.90. The molecule has 0 radical (unpaired) electrons. The fourth-order valence-electron chi connectivity index (χ4n) is 3.27. The Balaban J connectivity index is 1.46. The van der Waals surface area contributed by atoms with Crippen LogP contribution in [0.15, 0.2) is 41.4 Å². The first-order valence-corrected chi connectivity index (χ1v) is 9.61. The molecule has 1 aliphatic rings. The maximum absolute atomic E-state index is 4.41. The lowest BCUT2D eigenvalue weighted by Gasteiger charge is -2.38. The van der Waals surface area contributed by atoms with Gasteiger partial charge >= 0.3 is 0 Å². The van der Waals surface area contributed by atoms with Crippen LogP contribution in [0.1, 0.15) is 13.8 Å². The van der Waals surface area contributed by atoms with Gasteiger partial charge < -0.3 is 10.2 Å². The number of halogens is 1. The summed E-state index contributed by atoms with van der Waals surface area (Å²) < 4.78 is 2.48. The van der Waals surface area contributed by atoms with Crippen LogP contribution in [0.25, 0.3) is 5.65 Å². The van der Waals surface area contributed by atoms with Crippen LogP contribution < -0.4 is 10.2 Å². The topological polar surface area (TPSA) is 61.6 Å². The molecule has 1 aromatic carbocycles. The van der Waals surface area contributed by atoms with Gasteiger partial charge in [0.1, 0.15) is 10.9 Å². The van der Waals surface area contributed by atoms with Crippen molar-refractivity contribution in [3.63, 3.8) is 0 Å². The SMILES string of the molecule is CC(C)N1CCN(c2ccc(Nc3ncc(Br)n4ncnc34)cc2)CC1. The van der Waals surface area contributed by atoms with E-state index in [4.69, 9.17) is 0 Å². The van der Waals surface area contributed by atoms with Gasteiger partial charge in [-0.3, -0.25) is 4.90 Å². The summed E-state index contributed by atoms with van der Waals surface area (Å²) in [5, 5.41) is 7.51. The molecule has 0 saturated carbocycles. The number of anilines is 3. The molecule has 7 nitrogen and oxygen atoms in total. The molecule has 1 aliphatic heterocycles. The van der Waals surface area contributed by atoms with Crippen molar-refractivity contribution in [2.45, 2.75) is 19.9 Å². The van der Waals surface area contributed by atoms with E-state index in [0.717, 1.165) is 36.5 Å². The molecule has 2 aromatic heterocycles. The molecule has 4 rings (SSSR count). The average molecular weight is 416 g/mol. The van der Waals surface area contributed by atoms with E-state index in [1.807, 2.05) is 0 Å². The second kappa shape index (κ2) is 7.20. The fraction of sp³-hybridized carbons (Fsp3) is 0.389. The van der Waals surface area contributed by atoms with E-state index < -0.39 is 0 Å². The number of nitrogens with one attached hydrogen (secondary N) is 1. The number of rotatable bonds is 4. The van der Waals surface area contributed by atoms with Crippen LogP contribution in [0.2, 0.25) is 0 Å². The third kappa shape index (κ3) is 3.39. The molecule has 0 atom stereocenters. The molecular weight excluding hydrogens is 394 g/mol. The summed E-state index contributed by atoms with van der Waals surface area (Å²) in [6.07, 6.45) is 3.24. The van der Waals surface area contributed by atoms with Crippen molar-refractivity contribution in [1.82, 2.24) is 24.5 Å². The lowest BCUT2D eigenvalue weighted by atomic mass is 10.2. The lowest BCUT2D eigenvalue weighted by Crippen LogP contribution is -2.48. The van der Waals surface area contributed by atoms with Crippen molar-refractivity contribution in [2.24, 2.45) is 0 Å². The van der Waals surface area contributed by atoms with Crippen molar-refractivity contribution in [2.75, 3.05) is 36.4 Å². The van der Waals surface area contributed by atoms with Gasteiger partial charge in [-0.2, -0.15) is 5.10 Å². The van der Waals surface area contributed by atoms with Crippen molar-refractivity contribution in [3.05, 3.63) is 41.4 Å². The van der Waals surface area contributed by atoms with Gasteiger partial charge in [-0.05, 0) is 54.0 Å². The quantitative estimate of drug-likeness (QED) is 0.705. The molecule has 0 amide bonds. The molecule has 1 saturated heterocycles. The Bertz CT molecular complexity index is 882. The number of nitrogens with zero attached hydrogens (tertiary/aromatic N) is 6. The highest BCUT2D eigenvalue weighted by atomic mass is 79.9. The number of aromatic nitrogens is 4. The molecule has 0 aliphatic carbocycles. The summed E-state index contributed by atoms with van der Waals surface area (Å²) in [5.41, 5.74) is 2.93. The lowest BCUT2D eigenvalue weighted by molar-refractivity contribution is 0.209. The Labute approximate surface area is 161 Å². The number of hydrogen-bond donors (Lipinski definition) is 1. The van der Waals surface area contributed by atoms with Gasteiger partial charge in [-0.15, -0.1) is 0 Å². The molecule has 0 bridgehead atoms. The van der Waals surface area contributed by atoms with E-state index in [9.17, 15) is 0 Å². The minimum Gasteiger partial charge on any atom is -0.369 e. The third-order valence-electron chi connectivity index (χ3n) is 4.80. The standard InChI is InChI=1S/C18H22BrN7/c1-13(2)24-7-9-25(10-8-24)15-5-3-14(4-6-15)23-17-18-21-12-22-26(18)16(19)11-20-17/h3-6,11-13H,7-10H2,1-2H3,(H,20,23). The Morgan fingerprint density at radius 3 is 2.46 bits per heavy atom. The summed E-state index contributed by atoms with van der Waals surface area (Å²) in [5.74, 6) is 0.684. The van der Waals surface area contributed by atoms with E-state index in [0.29, 0.717) is 17.5 Å². The Morgan fingerprint density at radius 2 is 1.77 bits per heavy atom. The summed E-state index contributed by atoms with van der Waals surface area (Å²) >= 11 is 3.42. The normalized spacial score (nSPS) is 15.8. The number of benzene rings is 1. The predicted molar refractivity (Wildman–Crippen MR) is 107 cm³/mol. The number of piperazine rings is 1. The van der Waals surface area contributed by atoms with Gasteiger partial charge in [0.05, 0.1) is 6.20 Å². The van der Waals surface area contributed by atoms with Gasteiger partial charge in [-0.25, -0.2) is 14.5 Å². The largest absolute Gasteiger partial charge is 0.369 e. The van der Waals surface area contributed by atoms with Crippen LogP contribution >= 0.6 is 15.9 Å². The monoisotopic (exact) mass is 415 g/mol. The van der Waals surface area contributed by atoms with Crippen molar-refractivity contribution >= 4 is 38.8 Å². The van der Waals surface area contributed by atoms with Crippen LogP contribution in [0, 0.1) is 0 Å². The summed E-state index contributed by atoms with van der Waals surface area (Å²) in [7, 11) is 0. The minimum atomic E-state index is 0.621. The first-order valence-electron chi connectivity index (χ1n) is 8.82. The maximum atomic E-state index is 4.41. The van der Waals surface area contributed by atoms with Crippen molar-refractivity contribution < 1.29 is 0 Å². The highest BCUT2D eigenvalue weighted by molar-refractivity contribution is 9.10. The average Bonchev–Trinajstić information content (AvgIpc) is 3.16. The second-order valence-electron chi connectivity index (χ2n) is 6.71. The van der Waals surface area contributed by atoms with Crippen LogP contribution in [0.5, 0.6) is 0 Å². The summed E-state index contributed by atoms with van der Waals surface area (Å²) in [6, 6.07) is 9.11. The Hall–Kier alpha value is -2.19. The molecule has 3 aromatic rings. The molecule has 0 spiro atoms. The summed E-state index contributed by atoms with van der Waals surface area (Å²) in [4.78, 5) is 13.7. The Morgan fingerprint density at radius 1 is 1.04 bits per heavy atom. The van der Waals surface area contributed by atoms with E-state index in [1.165, 1.54) is 12.0 Å². The molecule has 26 heavy (non-hydrogen) atoms. The second-order valence-corrected chi connectivity index (χ2v) is 7.53. The van der Waals surface area contributed by atoms with Gasteiger partial charge in [0.2, 0.25) is 0 Å². The first kappa shape index (κ1) is 17.2. The van der Waals surface area contributed by atoms with E-state index in [-0.39, 0.29) is 0 Å². The molecule has 3 heterocycles. The predicted octanol–water partition coefficient (Wildman–Crippen LogP) is 3.16. The smallest absolute Gasteiger partial charge is 0.199 e. The van der Waals surface area contributed by atoms with Gasteiger partial charge in [0.15, 0.2) is 11.5 Å². The van der Waals surface area contributed by atoms with Crippen molar-refractivity contribution in [1.29, 1.82) is 0 Å².